The van der Waals surface area contributed by atoms with Crippen LogP contribution in [0, 0.1) is 0 Å². The molecule has 2 aliphatic heterocycles. The Labute approximate surface area is 191 Å². The van der Waals surface area contributed by atoms with Gasteiger partial charge in [-0.2, -0.15) is 0 Å². The molecule has 33 heavy (non-hydrogen) atoms. The van der Waals surface area contributed by atoms with Crippen molar-refractivity contribution >= 4 is 0 Å². The van der Waals surface area contributed by atoms with Crippen LogP contribution in [0.25, 0.3) is 0 Å². The first-order chi connectivity index (χ1) is 15.5. The maximum absolute atomic E-state index is 11.0. The Balaban J connectivity index is 1.71. The molecule has 14 heteroatoms. The standard InChI is InChI=1S/C19H38N4O10/c1-5(24)15-13(28)11(26)9(22)18(31-15)32-16-6(20)3-7(21)17(14(16)29)33-19-12(27)10(23-2)8(25)4-30-19/h5-19,23-29H,3-4,20-22H2,1-2H3/t5-,6-,7+,8+,9+,10-,11+,12+,13-,14-,15+,16+,17-,18+,19+/m0/s1. The number of aliphatic hydroxyl groups is 6. The monoisotopic (exact) mass is 482 g/mol. The summed E-state index contributed by atoms with van der Waals surface area (Å²) in [6.07, 6.45) is -13.3. The number of rotatable bonds is 6. The van der Waals surface area contributed by atoms with Gasteiger partial charge in [0, 0.05) is 12.1 Å². The first-order valence-corrected chi connectivity index (χ1v) is 11.1. The molecule has 2 saturated heterocycles. The van der Waals surface area contributed by atoms with Gasteiger partial charge < -0.3 is 72.1 Å². The molecule has 3 fully saturated rings. The largest absolute Gasteiger partial charge is 0.391 e. The van der Waals surface area contributed by atoms with Gasteiger partial charge in [0.1, 0.15) is 42.7 Å². The molecule has 0 aromatic heterocycles. The Morgan fingerprint density at radius 2 is 1.45 bits per heavy atom. The molecule has 0 radical (unpaired) electrons. The quantitative estimate of drug-likeness (QED) is 0.169. The van der Waals surface area contributed by atoms with E-state index in [1.54, 1.807) is 7.05 Å². The molecule has 0 bridgehead atoms. The summed E-state index contributed by atoms with van der Waals surface area (Å²) in [5, 5.41) is 64.5. The first kappa shape index (κ1) is 27.0. The molecular weight excluding hydrogens is 444 g/mol. The fraction of sp³-hybridized carbons (Fsp3) is 1.00. The number of ether oxygens (including phenoxy) is 4. The lowest BCUT2D eigenvalue weighted by molar-refractivity contribution is -0.315. The average Bonchev–Trinajstić information content (AvgIpc) is 2.75. The number of likely N-dealkylation sites (N-methyl/N-ethyl adjacent to an activating group) is 1. The number of hydrogen-bond donors (Lipinski definition) is 10. The molecule has 14 nitrogen and oxygen atoms in total. The molecule has 3 rings (SSSR count). The van der Waals surface area contributed by atoms with E-state index in [4.69, 9.17) is 36.1 Å². The minimum absolute atomic E-state index is 0.101. The zero-order valence-corrected chi connectivity index (χ0v) is 18.6. The molecule has 3 aliphatic rings. The third-order valence-electron chi connectivity index (χ3n) is 6.63. The maximum atomic E-state index is 11.0. The van der Waals surface area contributed by atoms with Crippen LogP contribution in [-0.4, -0.2) is 136 Å². The van der Waals surface area contributed by atoms with Crippen molar-refractivity contribution in [3.8, 4) is 0 Å². The molecule has 0 amide bonds. The summed E-state index contributed by atoms with van der Waals surface area (Å²) in [6, 6.07) is -3.40. The molecule has 15 atom stereocenters. The average molecular weight is 483 g/mol. The predicted octanol–water partition coefficient (Wildman–Crippen LogP) is -6.00. The van der Waals surface area contributed by atoms with E-state index < -0.39 is 91.7 Å². The van der Waals surface area contributed by atoms with Crippen molar-refractivity contribution in [1.29, 1.82) is 0 Å². The van der Waals surface area contributed by atoms with Crippen LogP contribution >= 0.6 is 0 Å². The van der Waals surface area contributed by atoms with E-state index in [1.807, 2.05) is 0 Å². The van der Waals surface area contributed by atoms with Crippen LogP contribution in [0.2, 0.25) is 0 Å². The smallest absolute Gasteiger partial charge is 0.185 e. The number of nitrogens with one attached hydrogen (secondary N) is 1. The van der Waals surface area contributed by atoms with Gasteiger partial charge in [-0.05, 0) is 20.4 Å². The highest BCUT2D eigenvalue weighted by Gasteiger charge is 2.51. The van der Waals surface area contributed by atoms with Crippen LogP contribution in [0.1, 0.15) is 13.3 Å². The summed E-state index contributed by atoms with van der Waals surface area (Å²) < 4.78 is 22.6. The van der Waals surface area contributed by atoms with Crippen LogP contribution in [0.15, 0.2) is 0 Å². The molecule has 2 heterocycles. The summed E-state index contributed by atoms with van der Waals surface area (Å²) in [5.41, 5.74) is 18.3. The van der Waals surface area contributed by atoms with Gasteiger partial charge in [0.05, 0.1) is 30.9 Å². The lowest BCUT2D eigenvalue weighted by Gasteiger charge is -2.48. The van der Waals surface area contributed by atoms with E-state index in [-0.39, 0.29) is 13.0 Å². The van der Waals surface area contributed by atoms with Crippen LogP contribution in [-0.2, 0) is 18.9 Å². The van der Waals surface area contributed by atoms with Gasteiger partial charge in [0.15, 0.2) is 12.6 Å². The third kappa shape index (κ3) is 5.49. The molecule has 0 spiro atoms. The minimum Gasteiger partial charge on any atom is -0.391 e. The van der Waals surface area contributed by atoms with Crippen molar-refractivity contribution in [1.82, 2.24) is 5.32 Å². The maximum Gasteiger partial charge on any atom is 0.185 e. The topological polar surface area (TPSA) is 248 Å². The lowest BCUT2D eigenvalue weighted by atomic mass is 9.84. The number of hydrogen-bond acceptors (Lipinski definition) is 14. The highest BCUT2D eigenvalue weighted by atomic mass is 16.7. The van der Waals surface area contributed by atoms with Gasteiger partial charge in [-0.25, -0.2) is 0 Å². The predicted molar refractivity (Wildman–Crippen MR) is 111 cm³/mol. The van der Waals surface area contributed by atoms with Gasteiger partial charge in [0.2, 0.25) is 0 Å². The van der Waals surface area contributed by atoms with Crippen LogP contribution in [0.5, 0.6) is 0 Å². The fourth-order valence-corrected chi connectivity index (χ4v) is 4.66. The van der Waals surface area contributed by atoms with Crippen LogP contribution < -0.4 is 22.5 Å². The van der Waals surface area contributed by atoms with E-state index in [1.165, 1.54) is 6.92 Å². The normalized spacial score (nSPS) is 52.5. The van der Waals surface area contributed by atoms with Gasteiger partial charge in [-0.3, -0.25) is 0 Å². The second-order valence-electron chi connectivity index (χ2n) is 9.10. The highest BCUT2D eigenvalue weighted by Crippen LogP contribution is 2.30. The van der Waals surface area contributed by atoms with E-state index >= 15 is 0 Å². The highest BCUT2D eigenvalue weighted by molar-refractivity contribution is 5.01. The van der Waals surface area contributed by atoms with E-state index in [0.29, 0.717) is 0 Å². The Morgan fingerprint density at radius 1 is 0.879 bits per heavy atom. The molecule has 0 aromatic rings. The Hall–Kier alpha value is -0.560. The van der Waals surface area contributed by atoms with Crippen molar-refractivity contribution in [3.63, 3.8) is 0 Å². The summed E-state index contributed by atoms with van der Waals surface area (Å²) in [6.45, 7) is 1.28. The molecule has 0 unspecified atom stereocenters. The van der Waals surface area contributed by atoms with Crippen molar-refractivity contribution < 1.29 is 49.6 Å². The van der Waals surface area contributed by atoms with Crippen LogP contribution in [0.3, 0.4) is 0 Å². The molecule has 1 saturated carbocycles. The van der Waals surface area contributed by atoms with Crippen LogP contribution in [0.4, 0.5) is 0 Å². The zero-order chi connectivity index (χ0) is 24.6. The van der Waals surface area contributed by atoms with Crippen molar-refractivity contribution in [2.45, 2.75) is 105 Å². The fourth-order valence-electron chi connectivity index (χ4n) is 4.66. The van der Waals surface area contributed by atoms with Gasteiger partial charge >= 0.3 is 0 Å². The number of aliphatic hydroxyl groups excluding tert-OH is 6. The molecule has 194 valence electrons. The number of nitrogens with two attached hydrogens (primary N) is 3. The molecular formula is C19H38N4O10. The SMILES string of the molecule is CN[C@@H]1[C@@H](O)[C@@H](O[C@@H]2[C@@H](O)[C@H](O[C@H]3O[C@H]([C@H](C)O)[C@@H](O)[C@H](O)[C@H]3N)[C@@H](N)C[C@H]2N)OC[C@H]1O. The minimum atomic E-state index is -1.45. The van der Waals surface area contributed by atoms with Crippen molar-refractivity contribution in [2.75, 3.05) is 13.7 Å². The molecule has 1 aliphatic carbocycles. The van der Waals surface area contributed by atoms with Gasteiger partial charge in [0.25, 0.3) is 0 Å². The zero-order valence-electron chi connectivity index (χ0n) is 18.6. The molecule has 0 aromatic carbocycles. The summed E-state index contributed by atoms with van der Waals surface area (Å²) in [7, 11) is 1.57. The van der Waals surface area contributed by atoms with E-state index in [9.17, 15) is 30.6 Å². The van der Waals surface area contributed by atoms with E-state index in [2.05, 4.69) is 5.32 Å². The van der Waals surface area contributed by atoms with Gasteiger partial charge in [-0.1, -0.05) is 0 Å². The van der Waals surface area contributed by atoms with Crippen molar-refractivity contribution in [2.24, 2.45) is 17.2 Å². The Bertz CT molecular complexity index is 635. The second-order valence-corrected chi connectivity index (χ2v) is 9.10. The third-order valence-corrected chi connectivity index (χ3v) is 6.63. The summed E-state index contributed by atoms with van der Waals surface area (Å²) in [5.74, 6) is 0. The summed E-state index contributed by atoms with van der Waals surface area (Å²) >= 11 is 0. The van der Waals surface area contributed by atoms with Gasteiger partial charge in [-0.15, -0.1) is 0 Å². The Kier molecular flexibility index (Phi) is 9.02. The Morgan fingerprint density at radius 3 is 2.00 bits per heavy atom. The first-order valence-electron chi connectivity index (χ1n) is 11.1. The second kappa shape index (κ2) is 11.0. The van der Waals surface area contributed by atoms with E-state index in [0.717, 1.165) is 0 Å². The lowest BCUT2D eigenvalue weighted by Crippen LogP contribution is -2.69. The summed E-state index contributed by atoms with van der Waals surface area (Å²) in [4.78, 5) is 0. The molecule has 13 N–H and O–H groups in total. The van der Waals surface area contributed by atoms with Crippen molar-refractivity contribution in [3.05, 3.63) is 0 Å².